The largest absolute Gasteiger partial charge is 0.469 e. The van der Waals surface area contributed by atoms with Crippen molar-refractivity contribution in [2.75, 3.05) is 0 Å². The first-order valence-electron chi connectivity index (χ1n) is 12.2. The molecular weight excluding hydrogens is 762 g/mol. The molecule has 0 spiro atoms. The first kappa shape index (κ1) is 28.4. The van der Waals surface area contributed by atoms with Gasteiger partial charge in [-0.3, -0.25) is 0 Å². The Morgan fingerprint density at radius 1 is 0.545 bits per heavy atom. The third-order valence-electron chi connectivity index (χ3n) is 7.45. The fourth-order valence-corrected chi connectivity index (χ4v) is 8.66. The van der Waals surface area contributed by atoms with Crippen LogP contribution in [0, 0.1) is 0 Å². The maximum Gasteiger partial charge on any atom is 0.469 e. The van der Waals surface area contributed by atoms with Gasteiger partial charge in [0.15, 0.2) is 11.7 Å². The van der Waals surface area contributed by atoms with Crippen molar-refractivity contribution in [3.63, 3.8) is 0 Å². The Labute approximate surface area is 269 Å². The molecule has 4 bridgehead atoms. The molecule has 5 aromatic rings. The van der Waals surface area contributed by atoms with Crippen molar-refractivity contribution in [3.05, 3.63) is 76.7 Å². The van der Waals surface area contributed by atoms with Gasteiger partial charge in [0.2, 0.25) is 0 Å². The van der Waals surface area contributed by atoms with Gasteiger partial charge in [0.25, 0.3) is 27.2 Å². The predicted molar refractivity (Wildman–Crippen MR) is 170 cm³/mol. The van der Waals surface area contributed by atoms with E-state index in [-0.39, 0.29) is 31.8 Å². The van der Waals surface area contributed by atoms with Crippen LogP contribution in [0.3, 0.4) is 0 Å². The summed E-state index contributed by atoms with van der Waals surface area (Å²) in [7, 11) is 4.68. The van der Waals surface area contributed by atoms with Crippen molar-refractivity contribution in [2.45, 2.75) is 14.7 Å². The molecular formula is C24H9BBrCl3N6O6S3. The number of hydrogen-bond donors (Lipinski definition) is 0. The molecule has 3 aromatic carbocycles. The lowest BCUT2D eigenvalue weighted by atomic mass is 10.1. The Morgan fingerprint density at radius 2 is 1.07 bits per heavy atom. The molecule has 5 heterocycles. The zero-order valence-corrected chi connectivity index (χ0v) is 27.4. The summed E-state index contributed by atoms with van der Waals surface area (Å²) in [6, 6.07) is 12.7. The molecule has 0 fully saturated rings. The quantitative estimate of drug-likeness (QED) is 0.200. The zero-order valence-electron chi connectivity index (χ0n) is 21.1. The van der Waals surface area contributed by atoms with Crippen LogP contribution in [0.1, 0.15) is 11.1 Å². The average molecular weight is 771 g/mol. The summed E-state index contributed by atoms with van der Waals surface area (Å²) in [6.07, 6.45) is 0. The predicted octanol–water partition coefficient (Wildman–Crippen LogP) is 3.89. The van der Waals surface area contributed by atoms with E-state index in [4.69, 9.17) is 47.0 Å². The number of fused-ring (bicyclic) bond motifs is 10. The summed E-state index contributed by atoms with van der Waals surface area (Å²) >= 11 is 3.74. The van der Waals surface area contributed by atoms with Crippen LogP contribution in [0.5, 0.6) is 0 Å². The van der Waals surface area contributed by atoms with Gasteiger partial charge in [0.1, 0.15) is 22.6 Å². The van der Waals surface area contributed by atoms with Crippen molar-refractivity contribution in [3.8, 4) is 0 Å². The van der Waals surface area contributed by atoms with Crippen LogP contribution >= 0.6 is 47.8 Å². The highest BCUT2D eigenvalue weighted by Crippen LogP contribution is 2.43. The Balaban J connectivity index is 1.60. The number of amidine groups is 2. The summed E-state index contributed by atoms with van der Waals surface area (Å²) in [5, 5.41) is 1.79. The minimum Gasteiger partial charge on any atom is -0.323 e. The summed E-state index contributed by atoms with van der Waals surface area (Å²) in [6.45, 7) is 0. The summed E-state index contributed by atoms with van der Waals surface area (Å²) in [5.41, 5.74) is 1.41. The topological polar surface area (TPSA) is 162 Å². The normalized spacial score (nSPS) is 15.5. The van der Waals surface area contributed by atoms with Crippen molar-refractivity contribution in [1.82, 2.24) is 8.96 Å². The minimum absolute atomic E-state index is 0.107. The van der Waals surface area contributed by atoms with E-state index >= 15 is 0 Å². The molecule has 0 N–H and O–H groups in total. The van der Waals surface area contributed by atoms with Crippen LogP contribution in [-0.2, 0) is 27.2 Å². The van der Waals surface area contributed by atoms with Crippen LogP contribution in [-0.4, -0.2) is 51.7 Å². The van der Waals surface area contributed by atoms with E-state index in [0.29, 0.717) is 49.8 Å². The van der Waals surface area contributed by atoms with E-state index in [1.165, 1.54) is 42.5 Å². The fourth-order valence-electron chi connectivity index (χ4n) is 5.55. The Bertz CT molecular complexity index is 2780. The lowest BCUT2D eigenvalue weighted by Crippen LogP contribution is -2.44. The minimum atomic E-state index is -4.13. The van der Waals surface area contributed by atoms with Crippen LogP contribution in [0.15, 0.2) is 89.3 Å². The van der Waals surface area contributed by atoms with E-state index in [0.717, 1.165) is 0 Å². The van der Waals surface area contributed by atoms with Gasteiger partial charge in [0.05, 0.1) is 14.7 Å². The number of hydrogen-bond acceptors (Lipinski definition) is 10. The van der Waals surface area contributed by atoms with Gasteiger partial charge in [-0.1, -0.05) is 15.8 Å². The Hall–Kier alpha value is -3.06. The van der Waals surface area contributed by atoms with Crippen LogP contribution in [0.4, 0.5) is 11.6 Å². The van der Waals surface area contributed by atoms with E-state index < -0.39 is 33.0 Å². The molecule has 44 heavy (non-hydrogen) atoms. The van der Waals surface area contributed by atoms with Crippen molar-refractivity contribution in [2.24, 2.45) is 20.0 Å². The lowest BCUT2D eigenvalue weighted by molar-refractivity contribution is 0.608. The molecule has 3 aliphatic heterocycles. The Morgan fingerprint density at radius 3 is 1.73 bits per heavy atom. The number of halogens is 4. The highest BCUT2D eigenvalue weighted by molar-refractivity contribution is 9.24. The number of benzene rings is 3. The van der Waals surface area contributed by atoms with Crippen LogP contribution < -0.4 is 11.0 Å². The van der Waals surface area contributed by atoms with Gasteiger partial charge in [-0.05, 0) is 54.6 Å². The van der Waals surface area contributed by atoms with Crippen molar-refractivity contribution < 1.29 is 25.3 Å². The van der Waals surface area contributed by atoms with Gasteiger partial charge in [-0.2, -0.15) is 0 Å². The molecule has 12 nitrogen and oxygen atoms in total. The molecule has 0 unspecified atom stereocenters. The number of nitrogens with zero attached hydrogens (tertiary/aromatic N) is 6. The average Bonchev–Trinajstić information content (AvgIpc) is 3.56. The van der Waals surface area contributed by atoms with Gasteiger partial charge in [0, 0.05) is 64.7 Å². The third kappa shape index (κ3) is 4.03. The monoisotopic (exact) mass is 768 g/mol. The first-order valence-corrected chi connectivity index (χ1v) is 20.1. The number of rotatable bonds is 3. The second-order valence-corrected chi connectivity index (χ2v) is 18.4. The first-order chi connectivity index (χ1) is 20.6. The highest BCUT2D eigenvalue weighted by Gasteiger charge is 2.36. The van der Waals surface area contributed by atoms with Crippen molar-refractivity contribution in [1.29, 1.82) is 0 Å². The van der Waals surface area contributed by atoms with E-state index in [1.807, 2.05) is 0 Å². The fraction of sp³-hybridized carbons (Fsp3) is 0. The molecule has 20 heteroatoms. The zero-order chi connectivity index (χ0) is 31.1. The molecule has 0 radical (unpaired) electrons. The summed E-state index contributed by atoms with van der Waals surface area (Å²) in [4.78, 5) is 18.7. The number of aromatic nitrogens is 2. The van der Waals surface area contributed by atoms with E-state index in [1.54, 1.807) is 21.1 Å². The SMILES string of the molecule is O=S(=O)(Cl)c1ccc2c(c1)C1=Nc3c4ccc(S(=O)(=O)Cl)cc4c4n3B(Br)n3c(c5cc(S(=O)(=O)Cl)ccc5c3=N4)=NC2=N1. The highest BCUT2D eigenvalue weighted by atomic mass is 79.9. The molecule has 2 aromatic heterocycles. The van der Waals surface area contributed by atoms with Gasteiger partial charge in [-0.25, -0.2) is 45.2 Å². The molecule has 0 aliphatic carbocycles. The number of aliphatic imine (C=N–C) groups is 2. The summed E-state index contributed by atoms with van der Waals surface area (Å²) in [5.74, 6) is 0.149. The van der Waals surface area contributed by atoms with Gasteiger partial charge >= 0.3 is 5.81 Å². The lowest BCUT2D eigenvalue weighted by Gasteiger charge is -2.18. The maximum atomic E-state index is 12.3. The van der Waals surface area contributed by atoms with Crippen molar-refractivity contribution >= 4 is 126 Å². The molecule has 3 aliphatic rings. The van der Waals surface area contributed by atoms with E-state index in [9.17, 15) is 25.3 Å². The molecule has 0 atom stereocenters. The maximum absolute atomic E-state index is 12.3. The second kappa shape index (κ2) is 9.02. The van der Waals surface area contributed by atoms with Gasteiger partial charge in [-0.15, -0.1) is 0 Å². The smallest absolute Gasteiger partial charge is 0.323 e. The molecule has 0 amide bonds. The standard InChI is InChI=1S/C24H9BBrCl3N6O6S3/c26-25-34-21-14-5-2-12(44(29,40)41)9-18(14)24(34)33-22-15-6-3-11(43(28,38)39)8-17(15)23(35(22)25)31-19-13-4-1-10(42(27,36)37)7-16(13)20(30-19)32-21/h1-9H. The molecule has 8 rings (SSSR count). The van der Waals surface area contributed by atoms with Crippen LogP contribution in [0.2, 0.25) is 0 Å². The molecule has 0 saturated carbocycles. The molecule has 0 saturated heterocycles. The van der Waals surface area contributed by atoms with E-state index in [2.05, 4.69) is 20.7 Å². The Kier molecular flexibility index (Phi) is 5.83. The van der Waals surface area contributed by atoms with Gasteiger partial charge < -0.3 is 8.96 Å². The third-order valence-corrected chi connectivity index (χ3v) is 12.3. The van der Waals surface area contributed by atoms with Crippen LogP contribution in [0.25, 0.3) is 21.5 Å². The second-order valence-electron chi connectivity index (χ2n) is 9.88. The molecule has 220 valence electrons. The summed E-state index contributed by atoms with van der Waals surface area (Å²) < 4.78 is 77.0.